The number of aryl methyl sites for hydroxylation is 1. The van der Waals surface area contributed by atoms with Crippen LogP contribution in [0.15, 0.2) is 6.20 Å². The van der Waals surface area contributed by atoms with Crippen LogP contribution in [0.1, 0.15) is 10.5 Å². The van der Waals surface area contributed by atoms with Gasteiger partial charge in [-0.15, -0.1) is 0 Å². The summed E-state index contributed by atoms with van der Waals surface area (Å²) in [6.07, 6.45) is 1.50. The van der Waals surface area contributed by atoms with Crippen molar-refractivity contribution in [1.29, 1.82) is 0 Å². The number of ketones is 1. The molecule has 1 aromatic heterocycles. The zero-order valence-corrected chi connectivity index (χ0v) is 8.90. The average Bonchev–Trinajstić information content (AvgIpc) is 2.59. The molecule has 0 spiro atoms. The van der Waals surface area contributed by atoms with E-state index in [1.54, 1.807) is 7.05 Å². The molecule has 0 bridgehead atoms. The quantitative estimate of drug-likeness (QED) is 0.513. The van der Waals surface area contributed by atoms with Crippen molar-refractivity contribution in [3.8, 4) is 5.75 Å². The summed E-state index contributed by atoms with van der Waals surface area (Å²) in [7, 11) is 3.17. The van der Waals surface area contributed by atoms with Gasteiger partial charge in [-0.1, -0.05) is 0 Å². The van der Waals surface area contributed by atoms with Crippen LogP contribution in [0.2, 0.25) is 0 Å². The smallest absolute Gasteiger partial charge is 0.210 e. The van der Waals surface area contributed by atoms with E-state index in [1.807, 2.05) is 0 Å². The Morgan fingerprint density at radius 3 is 3.00 bits per heavy atom. The highest BCUT2D eigenvalue weighted by Crippen LogP contribution is 2.16. The van der Waals surface area contributed by atoms with Crippen molar-refractivity contribution in [2.24, 2.45) is 12.8 Å². The molecule has 1 rings (SSSR count). The molecule has 6 nitrogen and oxygen atoms in total. The largest absolute Gasteiger partial charge is 0.493 e. The number of nitrogens with two attached hydrogens (primary N) is 1. The molecule has 6 heteroatoms. The Bertz CT molecular complexity index is 335. The van der Waals surface area contributed by atoms with E-state index in [0.717, 1.165) is 0 Å². The van der Waals surface area contributed by atoms with Gasteiger partial charge in [-0.05, 0) is 0 Å². The monoisotopic (exact) mass is 213 g/mol. The molecule has 0 atom stereocenters. The van der Waals surface area contributed by atoms with Crippen molar-refractivity contribution < 1.29 is 14.3 Å². The summed E-state index contributed by atoms with van der Waals surface area (Å²) in [4.78, 5) is 11.7. The Balaban J connectivity index is 2.67. The Kier molecular flexibility index (Phi) is 4.26. The summed E-state index contributed by atoms with van der Waals surface area (Å²) in [6.45, 7) is 0.759. The lowest BCUT2D eigenvalue weighted by molar-refractivity contribution is 0.0761. The lowest BCUT2D eigenvalue weighted by Crippen LogP contribution is -2.17. The van der Waals surface area contributed by atoms with Gasteiger partial charge in [0.05, 0.1) is 19.9 Å². The number of aromatic nitrogens is 2. The second-order valence-corrected chi connectivity index (χ2v) is 2.95. The molecule has 0 aliphatic carbocycles. The zero-order chi connectivity index (χ0) is 11.3. The molecule has 0 saturated heterocycles. The van der Waals surface area contributed by atoms with Gasteiger partial charge in [-0.2, -0.15) is 5.10 Å². The lowest BCUT2D eigenvalue weighted by atomic mass is 10.3. The van der Waals surface area contributed by atoms with E-state index < -0.39 is 0 Å². The molecule has 1 heterocycles. The van der Waals surface area contributed by atoms with Crippen molar-refractivity contribution >= 4 is 5.78 Å². The molecule has 0 aliphatic heterocycles. The molecular formula is C9H15N3O3. The molecule has 0 amide bonds. The predicted octanol–water partition coefficient (Wildman–Crippen LogP) is -0.413. The number of ether oxygens (including phenoxy) is 2. The minimum atomic E-state index is -0.166. The third-order valence-corrected chi connectivity index (χ3v) is 1.88. The first-order chi connectivity index (χ1) is 7.20. The topological polar surface area (TPSA) is 79.4 Å². The molecule has 0 unspecified atom stereocenters. The molecule has 15 heavy (non-hydrogen) atoms. The molecule has 2 N–H and O–H groups in total. The maximum atomic E-state index is 11.7. The summed E-state index contributed by atoms with van der Waals surface area (Å²) in [5.41, 5.74) is 5.65. The number of hydrogen-bond donors (Lipinski definition) is 1. The first kappa shape index (κ1) is 11.7. The summed E-state index contributed by atoms with van der Waals surface area (Å²) in [6, 6.07) is 0. The minimum absolute atomic E-state index is 0.00685. The molecule has 1 aromatic rings. The molecule has 0 radical (unpaired) electrons. The second-order valence-electron chi connectivity index (χ2n) is 2.95. The van der Waals surface area contributed by atoms with Crippen LogP contribution in [0.4, 0.5) is 0 Å². The predicted molar refractivity (Wildman–Crippen MR) is 54.0 cm³/mol. The second kappa shape index (κ2) is 5.47. The summed E-state index contributed by atoms with van der Waals surface area (Å²) >= 11 is 0. The Morgan fingerprint density at radius 2 is 2.40 bits per heavy atom. The van der Waals surface area contributed by atoms with Gasteiger partial charge in [0.1, 0.15) is 12.3 Å². The van der Waals surface area contributed by atoms with Crippen LogP contribution in [-0.4, -0.2) is 42.4 Å². The van der Waals surface area contributed by atoms with E-state index in [1.165, 1.54) is 18.0 Å². The summed E-state index contributed by atoms with van der Waals surface area (Å²) < 4.78 is 11.5. The third kappa shape index (κ3) is 2.77. The molecule has 84 valence electrons. The molecular weight excluding hydrogens is 198 g/mol. The highest BCUT2D eigenvalue weighted by atomic mass is 16.5. The number of hydrogen-bond acceptors (Lipinski definition) is 5. The van der Waals surface area contributed by atoms with Gasteiger partial charge in [0.2, 0.25) is 5.78 Å². The number of rotatable bonds is 6. The number of carbonyl (C=O) groups excluding carboxylic acids is 1. The highest BCUT2D eigenvalue weighted by Gasteiger charge is 2.17. The van der Waals surface area contributed by atoms with E-state index in [4.69, 9.17) is 15.2 Å². The summed E-state index contributed by atoms with van der Waals surface area (Å²) in [5, 5.41) is 3.93. The van der Waals surface area contributed by atoms with Gasteiger partial charge in [0, 0.05) is 13.6 Å². The molecule has 0 aromatic carbocycles. The zero-order valence-electron chi connectivity index (χ0n) is 8.90. The maximum Gasteiger partial charge on any atom is 0.210 e. The lowest BCUT2D eigenvalue weighted by Gasteiger charge is -2.04. The normalized spacial score (nSPS) is 10.3. The SMILES string of the molecule is COc1cnn(C)c1C(=O)COCCN. The van der Waals surface area contributed by atoms with Crippen molar-refractivity contribution in [2.75, 3.05) is 26.9 Å². The highest BCUT2D eigenvalue weighted by molar-refractivity contribution is 5.97. The van der Waals surface area contributed by atoms with Gasteiger partial charge >= 0.3 is 0 Å². The number of carbonyl (C=O) groups is 1. The molecule has 0 fully saturated rings. The van der Waals surface area contributed by atoms with Gasteiger partial charge in [-0.3, -0.25) is 9.48 Å². The fourth-order valence-corrected chi connectivity index (χ4v) is 1.20. The van der Waals surface area contributed by atoms with Gasteiger partial charge in [0.15, 0.2) is 5.75 Å². The van der Waals surface area contributed by atoms with Crippen molar-refractivity contribution in [2.45, 2.75) is 0 Å². The minimum Gasteiger partial charge on any atom is -0.493 e. The van der Waals surface area contributed by atoms with Crippen LogP contribution < -0.4 is 10.5 Å². The van der Waals surface area contributed by atoms with E-state index >= 15 is 0 Å². The molecule has 0 aliphatic rings. The Labute approximate surface area is 88.0 Å². The standard InChI is InChI=1S/C9H15N3O3/c1-12-9(8(14-2)5-11-12)7(13)6-15-4-3-10/h5H,3-4,6,10H2,1-2H3. The van der Waals surface area contributed by atoms with Gasteiger partial charge in [-0.25, -0.2) is 0 Å². The first-order valence-corrected chi connectivity index (χ1v) is 4.57. The Morgan fingerprint density at radius 1 is 1.67 bits per heavy atom. The molecule has 0 saturated carbocycles. The fourth-order valence-electron chi connectivity index (χ4n) is 1.20. The maximum absolute atomic E-state index is 11.7. The summed E-state index contributed by atoms with van der Waals surface area (Å²) in [5.74, 6) is 0.291. The van der Waals surface area contributed by atoms with Crippen LogP contribution in [0.5, 0.6) is 5.75 Å². The third-order valence-electron chi connectivity index (χ3n) is 1.88. The van der Waals surface area contributed by atoms with E-state index in [9.17, 15) is 4.79 Å². The number of nitrogens with zero attached hydrogens (tertiary/aromatic N) is 2. The first-order valence-electron chi connectivity index (χ1n) is 4.57. The van der Waals surface area contributed by atoms with Gasteiger partial charge < -0.3 is 15.2 Å². The van der Waals surface area contributed by atoms with E-state index in [2.05, 4.69) is 5.10 Å². The fraction of sp³-hybridized carbons (Fsp3) is 0.556. The van der Waals surface area contributed by atoms with Crippen LogP contribution in [0.3, 0.4) is 0 Å². The van der Waals surface area contributed by atoms with Crippen molar-refractivity contribution in [1.82, 2.24) is 9.78 Å². The number of methoxy groups -OCH3 is 1. The van der Waals surface area contributed by atoms with Crippen LogP contribution in [0.25, 0.3) is 0 Å². The van der Waals surface area contributed by atoms with E-state index in [0.29, 0.717) is 24.6 Å². The van der Waals surface area contributed by atoms with Crippen LogP contribution in [-0.2, 0) is 11.8 Å². The van der Waals surface area contributed by atoms with Gasteiger partial charge in [0.25, 0.3) is 0 Å². The van der Waals surface area contributed by atoms with E-state index in [-0.39, 0.29) is 12.4 Å². The van der Waals surface area contributed by atoms with Crippen LogP contribution >= 0.6 is 0 Å². The van der Waals surface area contributed by atoms with Crippen molar-refractivity contribution in [3.63, 3.8) is 0 Å². The Hall–Kier alpha value is -1.40. The number of Topliss-reactive ketones (excluding diaryl/α,β-unsaturated/α-hetero) is 1. The van der Waals surface area contributed by atoms with Crippen molar-refractivity contribution in [3.05, 3.63) is 11.9 Å². The van der Waals surface area contributed by atoms with Crippen LogP contribution in [0, 0.1) is 0 Å². The average molecular weight is 213 g/mol.